The maximum Gasteiger partial charge on any atom is 0.246 e. The maximum absolute atomic E-state index is 6.49. The molecule has 0 amide bonds. The molecule has 3 heteroatoms. The third-order valence-electron chi connectivity index (χ3n) is 7.09. The monoisotopic (exact) mass is 385 g/mol. The fourth-order valence-corrected chi connectivity index (χ4v) is 5.75. The minimum Gasteiger partial charge on any atom is -0.453 e. The van der Waals surface area contributed by atoms with Crippen LogP contribution in [-0.2, 0) is 5.41 Å². The predicted octanol–water partition coefficient (Wildman–Crippen LogP) is 4.73. The van der Waals surface area contributed by atoms with Gasteiger partial charge in [-0.3, -0.25) is 0 Å². The Bertz CT molecular complexity index is 1360. The molecule has 0 saturated heterocycles. The summed E-state index contributed by atoms with van der Waals surface area (Å²) in [6.45, 7) is 4.87. The number of rotatable bonds is 1. The first-order chi connectivity index (χ1) is 14.7. The Hall–Kier alpha value is -3.46. The van der Waals surface area contributed by atoms with E-state index in [9.17, 15) is 0 Å². The Balaban J connectivity index is 1.66. The van der Waals surface area contributed by atoms with Crippen LogP contribution >= 0.6 is 0 Å². The van der Waals surface area contributed by atoms with Crippen LogP contribution in [0.5, 0.6) is 11.5 Å². The van der Waals surface area contributed by atoms with E-state index in [1.165, 1.54) is 44.6 Å². The molecule has 0 aliphatic carbocycles. The van der Waals surface area contributed by atoms with Crippen molar-refractivity contribution in [3.63, 3.8) is 0 Å². The van der Waals surface area contributed by atoms with Crippen LogP contribution in [0.3, 0.4) is 0 Å². The fourth-order valence-electron chi connectivity index (χ4n) is 5.75. The van der Waals surface area contributed by atoms with E-state index in [4.69, 9.17) is 4.74 Å². The zero-order chi connectivity index (χ0) is 20.0. The van der Waals surface area contributed by atoms with Gasteiger partial charge in [-0.15, -0.1) is 0 Å². The molecule has 0 atom stereocenters. The lowest BCUT2D eigenvalue weighted by Crippen LogP contribution is -2.59. The van der Waals surface area contributed by atoms with Crippen molar-refractivity contribution in [2.75, 3.05) is 4.90 Å². The quantitative estimate of drug-likeness (QED) is 0.380. The molecule has 142 valence electrons. The largest absolute Gasteiger partial charge is 0.453 e. The summed E-state index contributed by atoms with van der Waals surface area (Å²) >= 11 is 0. The molecule has 3 aliphatic heterocycles. The van der Waals surface area contributed by atoms with Gasteiger partial charge < -0.3 is 9.64 Å². The summed E-state index contributed by atoms with van der Waals surface area (Å²) in [5.41, 5.74) is 10.3. The van der Waals surface area contributed by atoms with Crippen LogP contribution in [0.4, 0.5) is 17.1 Å². The maximum atomic E-state index is 6.49. The molecule has 4 aromatic carbocycles. The van der Waals surface area contributed by atoms with Crippen LogP contribution in [0.15, 0.2) is 84.9 Å². The van der Waals surface area contributed by atoms with Gasteiger partial charge in [-0.05, 0) is 34.2 Å². The van der Waals surface area contributed by atoms with E-state index in [0.717, 1.165) is 11.5 Å². The topological polar surface area (TPSA) is 12.5 Å². The lowest BCUT2D eigenvalue weighted by atomic mass is 9.34. The van der Waals surface area contributed by atoms with E-state index in [-0.39, 0.29) is 12.1 Å². The zero-order valence-electron chi connectivity index (χ0n) is 17.0. The molecule has 4 aromatic rings. The van der Waals surface area contributed by atoms with Crippen molar-refractivity contribution in [2.45, 2.75) is 19.3 Å². The van der Waals surface area contributed by atoms with Gasteiger partial charge in [-0.25, -0.2) is 0 Å². The Morgan fingerprint density at radius 3 is 2.00 bits per heavy atom. The lowest BCUT2D eigenvalue weighted by Gasteiger charge is -2.49. The molecule has 2 nitrogen and oxygen atoms in total. The van der Waals surface area contributed by atoms with Gasteiger partial charge in [0.15, 0.2) is 11.5 Å². The van der Waals surface area contributed by atoms with Crippen LogP contribution < -0.4 is 26.0 Å². The van der Waals surface area contributed by atoms with Gasteiger partial charge in [0.1, 0.15) is 0 Å². The number of benzene rings is 4. The van der Waals surface area contributed by atoms with E-state index in [2.05, 4.69) is 104 Å². The van der Waals surface area contributed by atoms with Gasteiger partial charge in [0.05, 0.1) is 11.4 Å². The highest BCUT2D eigenvalue weighted by atomic mass is 16.5. The van der Waals surface area contributed by atoms with Crippen molar-refractivity contribution in [3.05, 3.63) is 96.1 Å². The van der Waals surface area contributed by atoms with E-state index < -0.39 is 0 Å². The normalized spacial score (nSPS) is 16.1. The molecule has 30 heavy (non-hydrogen) atoms. The highest BCUT2D eigenvalue weighted by molar-refractivity contribution is 6.98. The molecule has 7 rings (SSSR count). The number of para-hydroxylation sites is 3. The number of anilines is 3. The molecule has 3 aliphatic rings. The van der Waals surface area contributed by atoms with Gasteiger partial charge in [-0.2, -0.15) is 0 Å². The molecule has 0 spiro atoms. The summed E-state index contributed by atoms with van der Waals surface area (Å²) < 4.78 is 6.49. The van der Waals surface area contributed by atoms with Crippen LogP contribution in [0.2, 0.25) is 0 Å². The summed E-state index contributed by atoms with van der Waals surface area (Å²) in [5, 5.41) is 0. The molecule has 0 aromatic heterocycles. The minimum absolute atomic E-state index is 0.0957. The average Bonchev–Trinajstić information content (AvgIpc) is 2.78. The highest BCUT2D eigenvalue weighted by Gasteiger charge is 2.47. The molecular formula is C27H20BNO. The smallest absolute Gasteiger partial charge is 0.246 e. The van der Waals surface area contributed by atoms with Crippen molar-refractivity contribution in [3.8, 4) is 11.5 Å². The third kappa shape index (κ3) is 1.82. The molecular weight excluding hydrogens is 365 g/mol. The molecule has 0 bridgehead atoms. The van der Waals surface area contributed by atoms with Crippen LogP contribution in [0, 0.1) is 0 Å². The third-order valence-corrected chi connectivity index (χ3v) is 7.09. The molecule has 3 heterocycles. The Morgan fingerprint density at radius 1 is 0.633 bits per heavy atom. The summed E-state index contributed by atoms with van der Waals surface area (Å²) in [7, 11) is 0. The van der Waals surface area contributed by atoms with Gasteiger partial charge in [0, 0.05) is 11.1 Å². The van der Waals surface area contributed by atoms with Crippen LogP contribution in [-0.4, -0.2) is 6.71 Å². The summed E-state index contributed by atoms with van der Waals surface area (Å²) in [5.74, 6) is 1.89. The van der Waals surface area contributed by atoms with Gasteiger partial charge in [-0.1, -0.05) is 92.1 Å². The molecule has 0 fully saturated rings. The van der Waals surface area contributed by atoms with Crippen molar-refractivity contribution in [1.29, 1.82) is 0 Å². The van der Waals surface area contributed by atoms with Crippen molar-refractivity contribution < 1.29 is 4.74 Å². The van der Waals surface area contributed by atoms with E-state index in [1.54, 1.807) is 0 Å². The van der Waals surface area contributed by atoms with Crippen LogP contribution in [0.1, 0.15) is 25.0 Å². The molecule has 0 unspecified atom stereocenters. The van der Waals surface area contributed by atoms with Gasteiger partial charge >= 0.3 is 0 Å². The lowest BCUT2D eigenvalue weighted by molar-refractivity contribution is 0.472. The van der Waals surface area contributed by atoms with Gasteiger partial charge in [0.25, 0.3) is 0 Å². The summed E-state index contributed by atoms with van der Waals surface area (Å²) in [6, 6.07) is 30.7. The number of ether oxygens (including phenoxy) is 1. The highest BCUT2D eigenvalue weighted by Crippen LogP contribution is 2.59. The first-order valence-electron chi connectivity index (χ1n) is 10.6. The number of hydrogen-bond donors (Lipinski definition) is 0. The molecule has 0 radical (unpaired) electrons. The number of hydrogen-bond acceptors (Lipinski definition) is 2. The number of nitrogens with zero attached hydrogens (tertiary/aromatic N) is 1. The fraction of sp³-hybridized carbons (Fsp3) is 0.111. The van der Waals surface area contributed by atoms with Crippen molar-refractivity contribution >= 4 is 40.2 Å². The second-order valence-electron chi connectivity index (χ2n) is 9.00. The van der Waals surface area contributed by atoms with Crippen molar-refractivity contribution in [1.82, 2.24) is 0 Å². The average molecular weight is 385 g/mol. The Morgan fingerprint density at radius 2 is 1.23 bits per heavy atom. The van der Waals surface area contributed by atoms with Gasteiger partial charge in [0.2, 0.25) is 6.71 Å². The molecule has 0 N–H and O–H groups in total. The van der Waals surface area contributed by atoms with E-state index in [1.807, 2.05) is 0 Å². The Kier molecular flexibility index (Phi) is 2.93. The van der Waals surface area contributed by atoms with Crippen molar-refractivity contribution in [2.24, 2.45) is 0 Å². The SMILES string of the molecule is CC1(C)c2cccc3c2N2c4c(cccc4B(c4ccccc4)c4cccc1c42)O3. The molecule has 0 saturated carbocycles. The zero-order valence-corrected chi connectivity index (χ0v) is 17.0. The minimum atomic E-state index is -0.0957. The predicted molar refractivity (Wildman–Crippen MR) is 124 cm³/mol. The second-order valence-corrected chi connectivity index (χ2v) is 9.00. The van der Waals surface area contributed by atoms with Crippen LogP contribution in [0.25, 0.3) is 0 Å². The first-order valence-corrected chi connectivity index (χ1v) is 10.6. The van der Waals surface area contributed by atoms with E-state index >= 15 is 0 Å². The standard InChI is InChI=1S/C27H20BNO/c1-27(2)18-11-6-13-20-24(18)29-25-19(27)12-7-15-22(25)30-23-16-8-14-21(26(23)29)28(20)17-9-4-3-5-10-17/h3-16H,1-2H3. The first kappa shape index (κ1) is 16.4. The second kappa shape index (κ2) is 5.37. The Labute approximate surface area is 176 Å². The summed E-state index contributed by atoms with van der Waals surface area (Å²) in [4.78, 5) is 2.48. The summed E-state index contributed by atoms with van der Waals surface area (Å²) in [6.07, 6.45) is 0. The van der Waals surface area contributed by atoms with E-state index in [0.29, 0.717) is 0 Å².